The summed E-state index contributed by atoms with van der Waals surface area (Å²) in [5.41, 5.74) is 1.94. The average molecular weight is 445 g/mol. The number of ether oxygens (including phenoxy) is 1. The molecule has 3 aromatic rings. The zero-order valence-corrected chi connectivity index (χ0v) is 18.7. The Morgan fingerprint density at radius 3 is 2.70 bits per heavy atom. The lowest BCUT2D eigenvalue weighted by molar-refractivity contribution is -0.118. The summed E-state index contributed by atoms with van der Waals surface area (Å²) in [7, 11) is 1.64. The van der Waals surface area contributed by atoms with Crippen LogP contribution in [0.15, 0.2) is 53.7 Å². The van der Waals surface area contributed by atoms with E-state index in [4.69, 9.17) is 16.3 Å². The number of unbranched alkanes of at least 4 members (excludes halogenated alkanes) is 1. The van der Waals surface area contributed by atoms with Crippen LogP contribution in [0.5, 0.6) is 5.75 Å². The molecule has 158 valence electrons. The number of benzene rings is 2. The molecule has 2 aromatic carbocycles. The number of hydrogen-bond acceptors (Lipinski definition) is 5. The largest absolute Gasteiger partial charge is 0.497 e. The van der Waals surface area contributed by atoms with Gasteiger partial charge in [0.05, 0.1) is 12.9 Å². The Bertz CT molecular complexity index is 976. The van der Waals surface area contributed by atoms with Crippen LogP contribution in [-0.2, 0) is 17.9 Å². The van der Waals surface area contributed by atoms with Crippen molar-refractivity contribution in [1.29, 1.82) is 0 Å². The van der Waals surface area contributed by atoms with Crippen molar-refractivity contribution in [3.63, 3.8) is 0 Å². The number of aromatic nitrogens is 3. The van der Waals surface area contributed by atoms with Crippen LogP contribution in [0.4, 0.5) is 0 Å². The first-order chi connectivity index (χ1) is 14.6. The molecule has 0 bridgehead atoms. The molecular weight excluding hydrogens is 420 g/mol. The second kappa shape index (κ2) is 11.0. The lowest BCUT2D eigenvalue weighted by Crippen LogP contribution is -2.24. The number of carbonyl (C=O) groups is 1. The van der Waals surface area contributed by atoms with E-state index in [1.54, 1.807) is 7.11 Å². The van der Waals surface area contributed by atoms with E-state index < -0.39 is 0 Å². The van der Waals surface area contributed by atoms with Gasteiger partial charge in [0.1, 0.15) is 5.75 Å². The van der Waals surface area contributed by atoms with Crippen molar-refractivity contribution in [3.05, 3.63) is 59.1 Å². The van der Waals surface area contributed by atoms with Crippen LogP contribution in [0.1, 0.15) is 25.3 Å². The summed E-state index contributed by atoms with van der Waals surface area (Å²) in [5.74, 6) is 1.81. The van der Waals surface area contributed by atoms with Gasteiger partial charge >= 0.3 is 0 Å². The number of rotatable bonds is 10. The van der Waals surface area contributed by atoms with Crippen LogP contribution in [0.2, 0.25) is 5.02 Å². The molecule has 0 atom stereocenters. The second-order valence-electron chi connectivity index (χ2n) is 6.74. The second-order valence-corrected chi connectivity index (χ2v) is 8.11. The molecule has 0 fully saturated rings. The van der Waals surface area contributed by atoms with Crippen molar-refractivity contribution in [2.24, 2.45) is 0 Å². The Morgan fingerprint density at radius 1 is 1.20 bits per heavy atom. The molecule has 0 saturated heterocycles. The zero-order valence-electron chi connectivity index (χ0n) is 17.1. The molecule has 0 aliphatic carbocycles. The number of nitrogens with zero attached hydrogens (tertiary/aromatic N) is 3. The molecule has 0 spiro atoms. The lowest BCUT2D eigenvalue weighted by atomic mass is 10.2. The van der Waals surface area contributed by atoms with Crippen LogP contribution in [0, 0.1) is 0 Å². The maximum Gasteiger partial charge on any atom is 0.230 e. The van der Waals surface area contributed by atoms with E-state index in [-0.39, 0.29) is 11.7 Å². The van der Waals surface area contributed by atoms with Gasteiger partial charge in [-0.25, -0.2) is 0 Å². The smallest absolute Gasteiger partial charge is 0.230 e. The molecule has 1 aromatic heterocycles. The predicted octanol–water partition coefficient (Wildman–Crippen LogP) is 4.82. The number of thioether (sulfide) groups is 1. The van der Waals surface area contributed by atoms with Gasteiger partial charge in [-0.1, -0.05) is 48.8 Å². The molecule has 30 heavy (non-hydrogen) atoms. The molecule has 0 aliphatic rings. The Kier molecular flexibility index (Phi) is 8.16. The zero-order chi connectivity index (χ0) is 21.3. The first-order valence-electron chi connectivity index (χ1n) is 9.82. The standard InChI is InChI=1S/C22H25ClN4O2S/c1-3-4-12-27-21(17-8-10-19(29-2)11-9-17)25-26-22(27)30-15-20(28)24-14-16-6-5-7-18(23)13-16/h5-11,13H,3-4,12,14-15H2,1-2H3,(H,24,28). The highest BCUT2D eigenvalue weighted by Crippen LogP contribution is 2.26. The Morgan fingerprint density at radius 2 is 2.00 bits per heavy atom. The number of amides is 1. The van der Waals surface area contributed by atoms with E-state index >= 15 is 0 Å². The minimum absolute atomic E-state index is 0.0592. The fourth-order valence-electron chi connectivity index (χ4n) is 2.90. The SMILES string of the molecule is CCCCn1c(SCC(=O)NCc2cccc(Cl)c2)nnc1-c1ccc(OC)cc1. The third-order valence-electron chi connectivity index (χ3n) is 4.51. The summed E-state index contributed by atoms with van der Waals surface area (Å²) in [4.78, 5) is 12.3. The fraction of sp³-hybridized carbons (Fsp3) is 0.318. The molecule has 0 saturated carbocycles. The van der Waals surface area contributed by atoms with Crippen molar-refractivity contribution >= 4 is 29.3 Å². The van der Waals surface area contributed by atoms with Crippen molar-refractivity contribution in [1.82, 2.24) is 20.1 Å². The summed E-state index contributed by atoms with van der Waals surface area (Å²) in [5, 5.41) is 13.0. The summed E-state index contributed by atoms with van der Waals surface area (Å²) >= 11 is 7.38. The molecule has 3 rings (SSSR count). The van der Waals surface area contributed by atoms with Crippen molar-refractivity contribution < 1.29 is 9.53 Å². The molecular formula is C22H25ClN4O2S. The van der Waals surface area contributed by atoms with Crippen molar-refractivity contribution in [3.8, 4) is 17.1 Å². The maximum atomic E-state index is 12.3. The first-order valence-corrected chi connectivity index (χ1v) is 11.2. The number of methoxy groups -OCH3 is 1. The van der Waals surface area contributed by atoms with Gasteiger partial charge in [-0.2, -0.15) is 0 Å². The monoisotopic (exact) mass is 444 g/mol. The minimum Gasteiger partial charge on any atom is -0.497 e. The van der Waals surface area contributed by atoms with Crippen LogP contribution in [0.25, 0.3) is 11.4 Å². The van der Waals surface area contributed by atoms with Crippen LogP contribution in [-0.4, -0.2) is 33.5 Å². The van der Waals surface area contributed by atoms with Gasteiger partial charge < -0.3 is 14.6 Å². The van der Waals surface area contributed by atoms with Gasteiger partial charge in [0.15, 0.2) is 11.0 Å². The lowest BCUT2D eigenvalue weighted by Gasteiger charge is -2.10. The van der Waals surface area contributed by atoms with E-state index in [1.807, 2.05) is 48.5 Å². The van der Waals surface area contributed by atoms with Crippen LogP contribution in [0.3, 0.4) is 0 Å². The van der Waals surface area contributed by atoms with E-state index in [0.717, 1.165) is 47.2 Å². The highest BCUT2D eigenvalue weighted by atomic mass is 35.5. The third-order valence-corrected chi connectivity index (χ3v) is 5.71. The Labute approximate surface area is 186 Å². The van der Waals surface area contributed by atoms with Crippen molar-refractivity contribution in [2.45, 2.75) is 38.0 Å². The van der Waals surface area contributed by atoms with E-state index in [1.165, 1.54) is 11.8 Å². The molecule has 0 unspecified atom stereocenters. The topological polar surface area (TPSA) is 69.0 Å². The van der Waals surface area contributed by atoms with Crippen molar-refractivity contribution in [2.75, 3.05) is 12.9 Å². The average Bonchev–Trinajstić information content (AvgIpc) is 3.17. The molecule has 6 nitrogen and oxygen atoms in total. The minimum atomic E-state index is -0.0592. The van der Waals surface area contributed by atoms with Gasteiger partial charge in [-0.15, -0.1) is 10.2 Å². The number of halogens is 1. The molecule has 0 aliphatic heterocycles. The Balaban J connectivity index is 1.65. The van der Waals surface area contributed by atoms with Gasteiger partial charge in [0.2, 0.25) is 5.91 Å². The molecule has 0 radical (unpaired) electrons. The van der Waals surface area contributed by atoms with Gasteiger partial charge in [-0.3, -0.25) is 4.79 Å². The highest BCUT2D eigenvalue weighted by molar-refractivity contribution is 7.99. The number of nitrogens with one attached hydrogen (secondary N) is 1. The van der Waals surface area contributed by atoms with Crippen LogP contribution < -0.4 is 10.1 Å². The van der Waals surface area contributed by atoms with Crippen LogP contribution >= 0.6 is 23.4 Å². The summed E-state index contributed by atoms with van der Waals surface area (Å²) in [6.07, 6.45) is 2.07. The van der Waals surface area contributed by atoms with Gasteiger partial charge in [0.25, 0.3) is 0 Å². The quantitative estimate of drug-likeness (QED) is 0.454. The molecule has 1 heterocycles. The predicted molar refractivity (Wildman–Crippen MR) is 121 cm³/mol. The number of carbonyl (C=O) groups excluding carboxylic acids is 1. The highest BCUT2D eigenvalue weighted by Gasteiger charge is 2.15. The molecule has 1 N–H and O–H groups in total. The molecule has 1 amide bonds. The number of hydrogen-bond donors (Lipinski definition) is 1. The molecule has 8 heteroatoms. The fourth-order valence-corrected chi connectivity index (χ4v) is 3.90. The summed E-state index contributed by atoms with van der Waals surface area (Å²) < 4.78 is 7.32. The van der Waals surface area contributed by atoms with E-state index in [0.29, 0.717) is 11.6 Å². The third kappa shape index (κ3) is 6.00. The van der Waals surface area contributed by atoms with Gasteiger partial charge in [-0.05, 0) is 48.4 Å². The van der Waals surface area contributed by atoms with E-state index in [2.05, 4.69) is 27.0 Å². The maximum absolute atomic E-state index is 12.3. The normalized spacial score (nSPS) is 10.8. The summed E-state index contributed by atoms with van der Waals surface area (Å²) in [6, 6.07) is 15.2. The summed E-state index contributed by atoms with van der Waals surface area (Å²) in [6.45, 7) is 3.39. The van der Waals surface area contributed by atoms with Gasteiger partial charge in [0, 0.05) is 23.7 Å². The Hall–Kier alpha value is -2.51. The van der Waals surface area contributed by atoms with E-state index in [9.17, 15) is 4.79 Å². The first kappa shape index (κ1) is 22.2.